The van der Waals surface area contributed by atoms with Crippen molar-refractivity contribution in [1.29, 1.82) is 0 Å². The molecule has 0 atom stereocenters. The van der Waals surface area contributed by atoms with Crippen LogP contribution in [0.15, 0.2) is 20.9 Å². The van der Waals surface area contributed by atoms with Crippen LogP contribution in [0.1, 0.15) is 5.56 Å². The van der Waals surface area contributed by atoms with E-state index in [-0.39, 0.29) is 5.56 Å². The van der Waals surface area contributed by atoms with Gasteiger partial charge >= 0.3 is 5.69 Å². The van der Waals surface area contributed by atoms with E-state index >= 15 is 0 Å². The molecule has 0 unspecified atom stereocenters. The predicted molar refractivity (Wildman–Crippen MR) is 53.0 cm³/mol. The summed E-state index contributed by atoms with van der Waals surface area (Å²) in [4.78, 5) is 34.9. The van der Waals surface area contributed by atoms with Crippen molar-refractivity contribution in [3.63, 3.8) is 0 Å². The van der Waals surface area contributed by atoms with Crippen molar-refractivity contribution in [1.82, 2.24) is 9.55 Å². The van der Waals surface area contributed by atoms with Gasteiger partial charge in [-0.05, 0) is 0 Å². The highest BCUT2D eigenvalue weighted by molar-refractivity contribution is 5.96. The first-order valence-electron chi connectivity index (χ1n) is 4.05. The van der Waals surface area contributed by atoms with E-state index in [0.29, 0.717) is 0 Å². The third-order valence-corrected chi connectivity index (χ3v) is 1.72. The van der Waals surface area contributed by atoms with Crippen LogP contribution in [0.2, 0.25) is 0 Å². The number of nitrogens with one attached hydrogen (secondary N) is 1. The van der Waals surface area contributed by atoms with Crippen molar-refractivity contribution in [2.24, 2.45) is 16.6 Å². The lowest BCUT2D eigenvalue weighted by molar-refractivity contribution is -0.118. The van der Waals surface area contributed by atoms with Gasteiger partial charge < -0.3 is 16.7 Å². The Bertz CT molecular complexity index is 555. The molecule has 0 spiro atoms. The number of nitrogens with zero attached hydrogens (tertiary/aromatic N) is 2. The van der Waals surface area contributed by atoms with Gasteiger partial charge in [-0.3, -0.25) is 19.1 Å². The van der Waals surface area contributed by atoms with Crippen molar-refractivity contribution in [2.45, 2.75) is 6.54 Å². The van der Waals surface area contributed by atoms with Crippen LogP contribution >= 0.6 is 0 Å². The Labute approximate surface area is 88.0 Å². The van der Waals surface area contributed by atoms with Crippen LogP contribution < -0.4 is 22.7 Å². The molecular formula is C7H9N5O4. The molecule has 9 nitrogen and oxygen atoms in total. The molecule has 1 amide bonds. The fourth-order valence-corrected chi connectivity index (χ4v) is 1.03. The van der Waals surface area contributed by atoms with Crippen molar-refractivity contribution in [3.8, 4) is 0 Å². The maximum atomic E-state index is 11.2. The van der Waals surface area contributed by atoms with Crippen molar-refractivity contribution >= 4 is 11.7 Å². The van der Waals surface area contributed by atoms with Gasteiger partial charge in [0.15, 0.2) is 5.84 Å². The first-order chi connectivity index (χ1) is 7.45. The summed E-state index contributed by atoms with van der Waals surface area (Å²) in [5, 5.41) is 11.0. The van der Waals surface area contributed by atoms with Crippen LogP contribution in [-0.4, -0.2) is 26.5 Å². The summed E-state index contributed by atoms with van der Waals surface area (Å²) < 4.78 is 0.844. The maximum Gasteiger partial charge on any atom is 0.328 e. The zero-order valence-electron chi connectivity index (χ0n) is 8.01. The summed E-state index contributed by atoms with van der Waals surface area (Å²) in [6.07, 6.45) is 0.987. The average Bonchev–Trinajstić information content (AvgIpc) is 2.20. The van der Waals surface area contributed by atoms with Crippen LogP contribution in [0.5, 0.6) is 0 Å². The Morgan fingerprint density at radius 3 is 2.62 bits per heavy atom. The van der Waals surface area contributed by atoms with Crippen LogP contribution in [0, 0.1) is 0 Å². The lowest BCUT2D eigenvalue weighted by Crippen LogP contribution is -2.37. The van der Waals surface area contributed by atoms with E-state index in [1.807, 2.05) is 4.98 Å². The monoisotopic (exact) mass is 227 g/mol. The second kappa shape index (κ2) is 4.29. The van der Waals surface area contributed by atoms with Gasteiger partial charge in [-0.1, -0.05) is 5.16 Å². The lowest BCUT2D eigenvalue weighted by Gasteiger charge is -2.03. The minimum absolute atomic E-state index is 0.233. The molecule has 0 saturated carbocycles. The molecule has 0 radical (unpaired) electrons. The Balaban J connectivity index is 3.38. The zero-order chi connectivity index (χ0) is 12.3. The number of aromatic amines is 1. The average molecular weight is 227 g/mol. The van der Waals surface area contributed by atoms with E-state index in [2.05, 4.69) is 5.16 Å². The number of oxime groups is 1. The van der Waals surface area contributed by atoms with E-state index in [4.69, 9.17) is 16.7 Å². The summed E-state index contributed by atoms with van der Waals surface area (Å²) in [5.41, 5.74) is 8.22. The van der Waals surface area contributed by atoms with Crippen molar-refractivity contribution < 1.29 is 10.0 Å². The Morgan fingerprint density at radius 2 is 2.12 bits per heavy atom. The molecular weight excluding hydrogens is 218 g/mol. The number of carbonyl (C=O) groups is 1. The molecule has 0 fully saturated rings. The fourth-order valence-electron chi connectivity index (χ4n) is 1.03. The second-order valence-corrected chi connectivity index (χ2v) is 2.88. The molecule has 1 aromatic rings. The lowest BCUT2D eigenvalue weighted by atomic mass is 10.3. The van der Waals surface area contributed by atoms with Gasteiger partial charge in [0.25, 0.3) is 5.56 Å². The molecule has 6 N–H and O–H groups in total. The van der Waals surface area contributed by atoms with E-state index in [1.54, 1.807) is 0 Å². The standard InChI is InChI=1S/C7H9N5O4/c8-4(13)2-12-1-3(5(9)11-16)6(14)10-7(12)15/h1,16H,2H2,(H2,8,13)(H2,9,11)(H,10,14,15). The summed E-state index contributed by atoms with van der Waals surface area (Å²) >= 11 is 0. The van der Waals surface area contributed by atoms with E-state index < -0.39 is 29.5 Å². The minimum atomic E-state index is -0.818. The Kier molecular flexibility index (Phi) is 3.09. The first-order valence-corrected chi connectivity index (χ1v) is 4.05. The van der Waals surface area contributed by atoms with E-state index in [1.165, 1.54) is 0 Å². The third-order valence-electron chi connectivity index (χ3n) is 1.72. The number of amidine groups is 1. The van der Waals surface area contributed by atoms with E-state index in [0.717, 1.165) is 10.8 Å². The zero-order valence-corrected chi connectivity index (χ0v) is 8.01. The number of primary amides is 1. The largest absolute Gasteiger partial charge is 0.409 e. The number of rotatable bonds is 3. The highest BCUT2D eigenvalue weighted by Crippen LogP contribution is 1.87. The van der Waals surface area contributed by atoms with Crippen molar-refractivity contribution in [2.75, 3.05) is 0 Å². The SMILES string of the molecule is NC(=O)Cn1cc(/C(N)=N/O)c(=O)[nH]c1=O. The molecule has 1 rings (SSSR count). The predicted octanol–water partition coefficient (Wildman–Crippen LogP) is -2.88. The Morgan fingerprint density at radius 1 is 1.50 bits per heavy atom. The van der Waals surface area contributed by atoms with Crippen molar-refractivity contribution in [3.05, 3.63) is 32.6 Å². The summed E-state index contributed by atoms with van der Waals surface area (Å²) in [5.74, 6) is -1.24. The Hall–Kier alpha value is -2.58. The van der Waals surface area contributed by atoms with Gasteiger partial charge in [0.05, 0.1) is 0 Å². The third kappa shape index (κ3) is 2.26. The van der Waals surface area contributed by atoms with Gasteiger partial charge in [0.1, 0.15) is 12.1 Å². The van der Waals surface area contributed by atoms with Crippen LogP contribution in [-0.2, 0) is 11.3 Å². The molecule has 0 aromatic carbocycles. The van der Waals surface area contributed by atoms with Crippen LogP contribution in [0.3, 0.4) is 0 Å². The molecule has 1 heterocycles. The number of hydrogen-bond donors (Lipinski definition) is 4. The normalized spacial score (nSPS) is 11.4. The van der Waals surface area contributed by atoms with Gasteiger partial charge in [0, 0.05) is 6.20 Å². The quantitative estimate of drug-likeness (QED) is 0.189. The molecule has 16 heavy (non-hydrogen) atoms. The molecule has 0 bridgehead atoms. The molecule has 9 heteroatoms. The van der Waals surface area contributed by atoms with Gasteiger partial charge in [-0.25, -0.2) is 4.79 Å². The van der Waals surface area contributed by atoms with Crippen LogP contribution in [0.25, 0.3) is 0 Å². The number of amides is 1. The van der Waals surface area contributed by atoms with Gasteiger partial charge in [-0.15, -0.1) is 0 Å². The second-order valence-electron chi connectivity index (χ2n) is 2.88. The highest BCUT2D eigenvalue weighted by atomic mass is 16.4. The summed E-state index contributed by atoms with van der Waals surface area (Å²) in [6.45, 7) is -0.415. The highest BCUT2D eigenvalue weighted by Gasteiger charge is 2.09. The maximum absolute atomic E-state index is 11.2. The molecule has 0 aliphatic carbocycles. The minimum Gasteiger partial charge on any atom is -0.409 e. The number of hydrogen-bond acceptors (Lipinski definition) is 5. The first kappa shape index (κ1) is 11.5. The summed E-state index contributed by atoms with van der Waals surface area (Å²) in [7, 11) is 0. The summed E-state index contributed by atoms with van der Waals surface area (Å²) in [6, 6.07) is 0. The molecule has 86 valence electrons. The molecule has 0 aliphatic rings. The molecule has 1 aromatic heterocycles. The number of H-pyrrole nitrogens is 1. The topological polar surface area (TPSA) is 157 Å². The fraction of sp³-hybridized carbons (Fsp3) is 0.143. The molecule has 0 saturated heterocycles. The number of carbonyl (C=O) groups excluding carboxylic acids is 1. The number of aromatic nitrogens is 2. The van der Waals surface area contributed by atoms with Crippen LogP contribution in [0.4, 0.5) is 0 Å². The van der Waals surface area contributed by atoms with E-state index in [9.17, 15) is 14.4 Å². The molecule has 0 aliphatic heterocycles. The number of nitrogens with two attached hydrogens (primary N) is 2. The smallest absolute Gasteiger partial charge is 0.328 e. The van der Waals surface area contributed by atoms with Gasteiger partial charge in [0.2, 0.25) is 5.91 Å². The van der Waals surface area contributed by atoms with Gasteiger partial charge in [-0.2, -0.15) is 0 Å².